The van der Waals surface area contributed by atoms with Gasteiger partial charge in [0.25, 0.3) is 0 Å². The summed E-state index contributed by atoms with van der Waals surface area (Å²) in [6, 6.07) is 0.0502. The Morgan fingerprint density at radius 3 is 2.69 bits per heavy atom. The van der Waals surface area contributed by atoms with E-state index in [1.165, 1.54) is 0 Å². The van der Waals surface area contributed by atoms with Gasteiger partial charge in [-0.05, 0) is 18.3 Å². The van der Waals surface area contributed by atoms with Crippen molar-refractivity contribution >= 4 is 0 Å². The standard InChI is InChI=1S/C10H19N3/c1-10(2,3)5-4-8(11)9-12-6-7-13-9/h6-8H,4-5,11H2,1-3H3,(H,12,13)/t8-/m0/s1. The van der Waals surface area contributed by atoms with Crippen molar-refractivity contribution in [3.63, 3.8) is 0 Å². The fraction of sp³-hybridized carbons (Fsp3) is 0.700. The lowest BCUT2D eigenvalue weighted by Gasteiger charge is -2.19. The summed E-state index contributed by atoms with van der Waals surface area (Å²) in [6.45, 7) is 6.67. The van der Waals surface area contributed by atoms with Crippen molar-refractivity contribution in [2.75, 3.05) is 0 Å². The Morgan fingerprint density at radius 2 is 2.23 bits per heavy atom. The van der Waals surface area contributed by atoms with Gasteiger partial charge in [0.05, 0.1) is 6.04 Å². The van der Waals surface area contributed by atoms with Crippen molar-refractivity contribution in [2.24, 2.45) is 11.1 Å². The first kappa shape index (κ1) is 10.3. The maximum Gasteiger partial charge on any atom is 0.123 e. The van der Waals surface area contributed by atoms with E-state index in [9.17, 15) is 0 Å². The number of H-pyrrole nitrogens is 1. The lowest BCUT2D eigenvalue weighted by atomic mass is 9.89. The van der Waals surface area contributed by atoms with E-state index < -0.39 is 0 Å². The van der Waals surface area contributed by atoms with Gasteiger partial charge in [-0.3, -0.25) is 0 Å². The van der Waals surface area contributed by atoms with Crippen LogP contribution in [-0.4, -0.2) is 9.97 Å². The molecule has 1 heterocycles. The average Bonchev–Trinajstić information content (AvgIpc) is 2.50. The molecular formula is C10H19N3. The number of nitrogens with two attached hydrogens (primary N) is 1. The van der Waals surface area contributed by atoms with Crippen LogP contribution in [0.1, 0.15) is 45.5 Å². The molecule has 0 saturated heterocycles. The van der Waals surface area contributed by atoms with Crippen LogP contribution in [0.5, 0.6) is 0 Å². The highest BCUT2D eigenvalue weighted by Crippen LogP contribution is 2.24. The molecule has 3 N–H and O–H groups in total. The van der Waals surface area contributed by atoms with Crippen LogP contribution in [0.4, 0.5) is 0 Å². The van der Waals surface area contributed by atoms with Gasteiger partial charge in [-0.2, -0.15) is 0 Å². The minimum absolute atomic E-state index is 0.0502. The zero-order valence-electron chi connectivity index (χ0n) is 8.67. The molecule has 0 fully saturated rings. The highest BCUT2D eigenvalue weighted by atomic mass is 14.9. The Balaban J connectivity index is 2.39. The molecule has 1 aromatic rings. The molecule has 1 aromatic heterocycles. The molecule has 3 nitrogen and oxygen atoms in total. The number of hydrogen-bond donors (Lipinski definition) is 2. The van der Waals surface area contributed by atoms with E-state index >= 15 is 0 Å². The molecule has 0 aliphatic rings. The topological polar surface area (TPSA) is 54.7 Å². The molecule has 0 aliphatic carbocycles. The first-order valence-electron chi connectivity index (χ1n) is 4.74. The maximum absolute atomic E-state index is 5.95. The van der Waals surface area contributed by atoms with E-state index in [1.807, 2.05) is 6.20 Å². The predicted molar refractivity (Wildman–Crippen MR) is 54.2 cm³/mol. The molecule has 1 rings (SSSR count). The zero-order chi connectivity index (χ0) is 9.90. The van der Waals surface area contributed by atoms with Gasteiger partial charge in [0.1, 0.15) is 5.82 Å². The molecule has 0 unspecified atom stereocenters. The van der Waals surface area contributed by atoms with Crippen LogP contribution in [0.3, 0.4) is 0 Å². The summed E-state index contributed by atoms with van der Waals surface area (Å²) < 4.78 is 0. The number of imidazole rings is 1. The van der Waals surface area contributed by atoms with Gasteiger partial charge in [0.15, 0.2) is 0 Å². The van der Waals surface area contributed by atoms with Crippen LogP contribution in [0, 0.1) is 5.41 Å². The minimum atomic E-state index is 0.0502. The molecule has 1 atom stereocenters. The summed E-state index contributed by atoms with van der Waals surface area (Å²) >= 11 is 0. The first-order valence-corrected chi connectivity index (χ1v) is 4.74. The molecule has 0 saturated carbocycles. The van der Waals surface area contributed by atoms with Crippen molar-refractivity contribution in [1.82, 2.24) is 9.97 Å². The van der Waals surface area contributed by atoms with E-state index in [4.69, 9.17) is 5.73 Å². The number of rotatable bonds is 3. The Morgan fingerprint density at radius 1 is 1.54 bits per heavy atom. The van der Waals surface area contributed by atoms with E-state index in [0.717, 1.165) is 18.7 Å². The molecule has 0 bridgehead atoms. The van der Waals surface area contributed by atoms with Gasteiger partial charge >= 0.3 is 0 Å². The molecule has 0 aromatic carbocycles. The zero-order valence-corrected chi connectivity index (χ0v) is 8.67. The molecule has 0 spiro atoms. The van der Waals surface area contributed by atoms with Crippen LogP contribution in [0.25, 0.3) is 0 Å². The Kier molecular flexibility index (Phi) is 3.09. The van der Waals surface area contributed by atoms with Gasteiger partial charge in [0, 0.05) is 12.4 Å². The number of nitrogens with one attached hydrogen (secondary N) is 1. The van der Waals surface area contributed by atoms with Crippen molar-refractivity contribution < 1.29 is 0 Å². The molecule has 0 aliphatic heterocycles. The van der Waals surface area contributed by atoms with Crippen LogP contribution in [-0.2, 0) is 0 Å². The summed E-state index contributed by atoms with van der Waals surface area (Å²) in [5.74, 6) is 0.893. The number of nitrogens with zero attached hydrogens (tertiary/aromatic N) is 1. The van der Waals surface area contributed by atoms with Gasteiger partial charge < -0.3 is 10.7 Å². The number of aromatic nitrogens is 2. The number of hydrogen-bond acceptors (Lipinski definition) is 2. The van der Waals surface area contributed by atoms with E-state index in [0.29, 0.717) is 5.41 Å². The van der Waals surface area contributed by atoms with Crippen LogP contribution >= 0.6 is 0 Å². The normalized spacial score (nSPS) is 14.5. The average molecular weight is 181 g/mol. The van der Waals surface area contributed by atoms with Crippen LogP contribution in [0.2, 0.25) is 0 Å². The lowest BCUT2D eigenvalue weighted by Crippen LogP contribution is -2.15. The van der Waals surface area contributed by atoms with E-state index in [1.54, 1.807) is 6.20 Å². The minimum Gasteiger partial charge on any atom is -0.347 e. The van der Waals surface area contributed by atoms with Crippen LogP contribution < -0.4 is 5.73 Å². The van der Waals surface area contributed by atoms with E-state index in [2.05, 4.69) is 30.7 Å². The Labute approximate surface area is 79.8 Å². The summed E-state index contributed by atoms with van der Waals surface area (Å²) in [5, 5.41) is 0. The fourth-order valence-electron chi connectivity index (χ4n) is 1.21. The summed E-state index contributed by atoms with van der Waals surface area (Å²) in [6.07, 6.45) is 5.66. The van der Waals surface area contributed by atoms with Gasteiger partial charge in [0.2, 0.25) is 0 Å². The fourth-order valence-corrected chi connectivity index (χ4v) is 1.21. The van der Waals surface area contributed by atoms with Gasteiger partial charge in [-0.25, -0.2) is 4.98 Å². The third-order valence-corrected chi connectivity index (χ3v) is 2.08. The highest BCUT2D eigenvalue weighted by Gasteiger charge is 2.14. The Bertz CT molecular complexity index is 233. The first-order chi connectivity index (χ1) is 5.99. The van der Waals surface area contributed by atoms with Crippen molar-refractivity contribution in [2.45, 2.75) is 39.7 Å². The molecule has 3 heteroatoms. The number of aromatic amines is 1. The summed E-state index contributed by atoms with van der Waals surface area (Å²) in [5.41, 5.74) is 6.30. The lowest BCUT2D eigenvalue weighted by molar-refractivity contribution is 0.347. The van der Waals surface area contributed by atoms with Crippen LogP contribution in [0.15, 0.2) is 12.4 Å². The summed E-state index contributed by atoms with van der Waals surface area (Å²) in [7, 11) is 0. The SMILES string of the molecule is CC(C)(C)CC[C@H](N)c1ncc[nH]1. The van der Waals surface area contributed by atoms with Crippen molar-refractivity contribution in [3.8, 4) is 0 Å². The molecule has 74 valence electrons. The predicted octanol–water partition coefficient (Wildman–Crippen LogP) is 2.24. The maximum atomic E-state index is 5.95. The molecule has 13 heavy (non-hydrogen) atoms. The second kappa shape index (κ2) is 3.92. The van der Waals surface area contributed by atoms with E-state index in [-0.39, 0.29) is 6.04 Å². The highest BCUT2D eigenvalue weighted by molar-refractivity contribution is 4.94. The largest absolute Gasteiger partial charge is 0.347 e. The third kappa shape index (κ3) is 3.59. The third-order valence-electron chi connectivity index (χ3n) is 2.08. The molecular weight excluding hydrogens is 162 g/mol. The van der Waals surface area contributed by atoms with Crippen molar-refractivity contribution in [1.29, 1.82) is 0 Å². The monoisotopic (exact) mass is 181 g/mol. The Hall–Kier alpha value is -0.830. The quantitative estimate of drug-likeness (QED) is 0.751. The van der Waals surface area contributed by atoms with Gasteiger partial charge in [-0.1, -0.05) is 20.8 Å². The second-order valence-corrected chi connectivity index (χ2v) is 4.68. The molecule has 0 radical (unpaired) electrons. The van der Waals surface area contributed by atoms with Crippen molar-refractivity contribution in [3.05, 3.63) is 18.2 Å². The smallest absolute Gasteiger partial charge is 0.123 e. The summed E-state index contributed by atoms with van der Waals surface area (Å²) in [4.78, 5) is 7.17. The van der Waals surface area contributed by atoms with Gasteiger partial charge in [-0.15, -0.1) is 0 Å². The second-order valence-electron chi connectivity index (χ2n) is 4.68. The molecule has 0 amide bonds.